The molecule has 1 aliphatic heterocycles. The van der Waals surface area contributed by atoms with Gasteiger partial charge in [0.2, 0.25) is 0 Å². The van der Waals surface area contributed by atoms with Crippen LogP contribution in [0.25, 0.3) is 0 Å². The van der Waals surface area contributed by atoms with E-state index < -0.39 is 6.10 Å². The highest BCUT2D eigenvalue weighted by molar-refractivity contribution is 5.99. The second kappa shape index (κ2) is 4.73. The molecule has 1 aliphatic rings. The number of hydrogen-bond donors (Lipinski definition) is 1. The second-order valence-corrected chi connectivity index (χ2v) is 3.98. The number of nitrogens with one attached hydrogen (secondary N) is 1. The van der Waals surface area contributed by atoms with Crippen LogP contribution in [0, 0.1) is 0 Å². The number of carbonyl (C=O) groups excluding carboxylic acids is 1. The predicted molar refractivity (Wildman–Crippen MR) is 63.8 cm³/mol. The van der Waals surface area contributed by atoms with Gasteiger partial charge < -0.3 is 14.5 Å². The summed E-state index contributed by atoms with van der Waals surface area (Å²) in [5.41, 5.74) is 4.59. The summed E-state index contributed by atoms with van der Waals surface area (Å²) in [6, 6.07) is 5.74. The van der Waals surface area contributed by atoms with Gasteiger partial charge in [-0.3, -0.25) is 4.79 Å². The van der Waals surface area contributed by atoms with E-state index in [9.17, 15) is 4.79 Å². The molecular weight excluding hydrogens is 220 g/mol. The smallest absolute Gasteiger partial charge is 0.267 e. The van der Waals surface area contributed by atoms with Crippen LogP contribution in [0.3, 0.4) is 0 Å². The lowest BCUT2D eigenvalue weighted by atomic mass is 10.1. The minimum absolute atomic E-state index is 0.0330. The van der Waals surface area contributed by atoms with E-state index in [-0.39, 0.29) is 5.91 Å². The molecule has 0 saturated heterocycles. The molecule has 5 heteroatoms. The Morgan fingerprint density at radius 3 is 3.00 bits per heavy atom. The number of benzene rings is 1. The molecule has 17 heavy (non-hydrogen) atoms. The van der Waals surface area contributed by atoms with Crippen molar-refractivity contribution in [2.24, 2.45) is 0 Å². The molecule has 0 radical (unpaired) electrons. The Morgan fingerprint density at radius 1 is 1.53 bits per heavy atom. The maximum Gasteiger partial charge on any atom is 0.267 e. The zero-order valence-electron chi connectivity index (χ0n) is 10.2. The first-order valence-corrected chi connectivity index (χ1v) is 5.46. The molecule has 1 amide bonds. The topological polar surface area (TPSA) is 50.8 Å². The van der Waals surface area contributed by atoms with E-state index in [4.69, 9.17) is 9.57 Å². The summed E-state index contributed by atoms with van der Waals surface area (Å²) in [6.45, 7) is 2.34. The lowest BCUT2D eigenvalue weighted by Gasteiger charge is -2.30. The summed E-state index contributed by atoms with van der Waals surface area (Å²) in [5.74, 6) is 0.704. The molecule has 1 N–H and O–H groups in total. The van der Waals surface area contributed by atoms with Gasteiger partial charge in [0.05, 0.1) is 12.8 Å². The molecule has 1 unspecified atom stereocenters. The third-order valence-electron chi connectivity index (χ3n) is 2.79. The molecule has 0 aliphatic carbocycles. The Kier molecular flexibility index (Phi) is 3.31. The first kappa shape index (κ1) is 11.9. The number of nitrogens with zero attached hydrogens (tertiary/aromatic N) is 1. The first-order valence-electron chi connectivity index (χ1n) is 5.46. The van der Waals surface area contributed by atoms with Crippen LogP contribution in [-0.4, -0.2) is 26.2 Å². The number of ether oxygens (including phenoxy) is 1. The molecule has 0 aromatic heterocycles. The monoisotopic (exact) mass is 236 g/mol. The minimum atomic E-state index is -0.421. The third kappa shape index (κ3) is 2.25. The molecule has 92 valence electrons. The van der Waals surface area contributed by atoms with Gasteiger partial charge in [-0.15, -0.1) is 0 Å². The standard InChI is InChI=1S/C12H16N2O3/c1-8-12(15)14(2)10-6-9(7-13-16-3)4-5-11(10)17-8/h4-6,8,13H,7H2,1-3H3. The zero-order chi connectivity index (χ0) is 12.4. The van der Waals surface area contributed by atoms with Crippen LogP contribution in [0.2, 0.25) is 0 Å². The highest BCUT2D eigenvalue weighted by Gasteiger charge is 2.28. The maximum atomic E-state index is 11.8. The Labute approximate surface area is 100 Å². The van der Waals surface area contributed by atoms with Gasteiger partial charge in [-0.05, 0) is 24.6 Å². The normalized spacial score (nSPS) is 18.9. The first-order chi connectivity index (χ1) is 8.13. The van der Waals surface area contributed by atoms with Crippen LogP contribution < -0.4 is 15.1 Å². The number of rotatable bonds is 3. The van der Waals surface area contributed by atoms with Gasteiger partial charge in [0.1, 0.15) is 5.75 Å². The van der Waals surface area contributed by atoms with Crippen molar-refractivity contribution < 1.29 is 14.4 Å². The van der Waals surface area contributed by atoms with Crippen molar-refractivity contribution in [2.45, 2.75) is 19.6 Å². The van der Waals surface area contributed by atoms with Crippen molar-refractivity contribution in [3.63, 3.8) is 0 Å². The van der Waals surface area contributed by atoms with Crippen molar-refractivity contribution in [3.8, 4) is 5.75 Å². The molecule has 2 rings (SSSR count). The molecular formula is C12H16N2O3. The zero-order valence-corrected chi connectivity index (χ0v) is 10.2. The van der Waals surface area contributed by atoms with Crippen molar-refractivity contribution in [3.05, 3.63) is 23.8 Å². The van der Waals surface area contributed by atoms with Gasteiger partial charge in [-0.25, -0.2) is 0 Å². The Hall–Kier alpha value is -1.59. The third-order valence-corrected chi connectivity index (χ3v) is 2.79. The largest absolute Gasteiger partial charge is 0.479 e. The molecule has 0 bridgehead atoms. The fourth-order valence-corrected chi connectivity index (χ4v) is 1.82. The number of likely N-dealkylation sites (N-methyl/N-ethyl adjacent to an activating group) is 1. The number of hydroxylamine groups is 1. The van der Waals surface area contributed by atoms with Gasteiger partial charge in [0.25, 0.3) is 5.91 Å². The van der Waals surface area contributed by atoms with E-state index in [2.05, 4.69) is 5.48 Å². The van der Waals surface area contributed by atoms with E-state index in [0.29, 0.717) is 6.54 Å². The summed E-state index contributed by atoms with van der Waals surface area (Å²) >= 11 is 0. The summed E-state index contributed by atoms with van der Waals surface area (Å²) in [5, 5.41) is 0. The molecule has 0 spiro atoms. The van der Waals surface area contributed by atoms with Crippen molar-refractivity contribution in [2.75, 3.05) is 19.1 Å². The average Bonchev–Trinajstić information content (AvgIpc) is 2.34. The van der Waals surface area contributed by atoms with E-state index >= 15 is 0 Å². The quantitative estimate of drug-likeness (QED) is 0.798. The van der Waals surface area contributed by atoms with Crippen LogP contribution in [0.1, 0.15) is 12.5 Å². The lowest BCUT2D eigenvalue weighted by molar-refractivity contribution is -0.125. The maximum absolute atomic E-state index is 11.8. The van der Waals surface area contributed by atoms with Crippen LogP contribution >= 0.6 is 0 Å². The van der Waals surface area contributed by atoms with Gasteiger partial charge in [0, 0.05) is 13.6 Å². The van der Waals surface area contributed by atoms with E-state index in [1.807, 2.05) is 18.2 Å². The van der Waals surface area contributed by atoms with E-state index in [0.717, 1.165) is 17.0 Å². The minimum Gasteiger partial charge on any atom is -0.479 e. The number of amides is 1. The van der Waals surface area contributed by atoms with Crippen molar-refractivity contribution in [1.82, 2.24) is 5.48 Å². The van der Waals surface area contributed by atoms with Gasteiger partial charge in [-0.1, -0.05) is 6.07 Å². The molecule has 1 aromatic rings. The second-order valence-electron chi connectivity index (χ2n) is 3.98. The van der Waals surface area contributed by atoms with Crippen LogP contribution in [-0.2, 0) is 16.2 Å². The van der Waals surface area contributed by atoms with Gasteiger partial charge >= 0.3 is 0 Å². The summed E-state index contributed by atoms with van der Waals surface area (Å²) in [7, 11) is 3.33. The fourth-order valence-electron chi connectivity index (χ4n) is 1.82. The molecule has 5 nitrogen and oxygen atoms in total. The molecule has 1 heterocycles. The van der Waals surface area contributed by atoms with Crippen LogP contribution in [0.4, 0.5) is 5.69 Å². The number of anilines is 1. The highest BCUT2D eigenvalue weighted by atomic mass is 16.6. The molecule has 0 fully saturated rings. The number of hydrogen-bond acceptors (Lipinski definition) is 4. The molecule has 1 atom stereocenters. The summed E-state index contributed by atoms with van der Waals surface area (Å²) in [6.07, 6.45) is -0.421. The number of carbonyl (C=O) groups is 1. The van der Waals surface area contributed by atoms with E-state index in [1.165, 1.54) is 0 Å². The van der Waals surface area contributed by atoms with Crippen molar-refractivity contribution >= 4 is 11.6 Å². The van der Waals surface area contributed by atoms with Gasteiger partial charge in [-0.2, -0.15) is 5.48 Å². The summed E-state index contributed by atoms with van der Waals surface area (Å²) < 4.78 is 5.53. The Morgan fingerprint density at radius 2 is 2.29 bits per heavy atom. The van der Waals surface area contributed by atoms with E-state index in [1.54, 1.807) is 26.0 Å². The Balaban J connectivity index is 2.28. The summed E-state index contributed by atoms with van der Waals surface area (Å²) in [4.78, 5) is 18.2. The average molecular weight is 236 g/mol. The number of fused-ring (bicyclic) bond motifs is 1. The SMILES string of the molecule is CONCc1ccc2c(c1)N(C)C(=O)C(C)O2. The highest BCUT2D eigenvalue weighted by Crippen LogP contribution is 2.33. The van der Waals surface area contributed by atoms with Crippen LogP contribution in [0.5, 0.6) is 5.75 Å². The molecule has 1 aromatic carbocycles. The molecule has 0 saturated carbocycles. The Bertz CT molecular complexity index is 434. The predicted octanol–water partition coefficient (Wildman–Crippen LogP) is 1.08. The fraction of sp³-hybridized carbons (Fsp3) is 0.417. The lowest BCUT2D eigenvalue weighted by Crippen LogP contribution is -2.42. The van der Waals surface area contributed by atoms with Crippen molar-refractivity contribution in [1.29, 1.82) is 0 Å². The van der Waals surface area contributed by atoms with Crippen LogP contribution in [0.15, 0.2) is 18.2 Å². The van der Waals surface area contributed by atoms with Gasteiger partial charge in [0.15, 0.2) is 6.10 Å².